The SMILES string of the molecule is O=C(NOC[C@@H]1CC(NC(=O)C(F)(F)F)CN1)[C@@H]1CC[C@@H]2CN1C(=O)N2OS(=O)(=O)O. The van der Waals surface area contributed by atoms with E-state index >= 15 is 0 Å². The molecule has 0 saturated carbocycles. The number of hydrogen-bond acceptors (Lipinski definition) is 8. The van der Waals surface area contributed by atoms with Crippen molar-refractivity contribution in [1.29, 1.82) is 0 Å². The molecule has 17 heteroatoms. The Hall–Kier alpha value is -2.21. The van der Waals surface area contributed by atoms with E-state index in [0.29, 0.717) is 5.06 Å². The van der Waals surface area contributed by atoms with Crippen molar-refractivity contribution in [2.24, 2.45) is 0 Å². The fourth-order valence-corrected chi connectivity index (χ4v) is 4.10. The van der Waals surface area contributed by atoms with Gasteiger partial charge in [-0.2, -0.15) is 26.7 Å². The second-order valence-corrected chi connectivity index (χ2v) is 8.30. The Kier molecular flexibility index (Phi) is 6.61. The van der Waals surface area contributed by atoms with Crippen LogP contribution in [-0.2, 0) is 29.1 Å². The summed E-state index contributed by atoms with van der Waals surface area (Å²) in [4.78, 5) is 41.7. The first-order valence-corrected chi connectivity index (χ1v) is 10.5. The third kappa shape index (κ3) is 5.73. The predicted octanol–water partition coefficient (Wildman–Crippen LogP) is -1.55. The van der Waals surface area contributed by atoms with Crippen LogP contribution >= 0.6 is 0 Å². The first-order chi connectivity index (χ1) is 14.3. The van der Waals surface area contributed by atoms with E-state index in [0.717, 1.165) is 4.90 Å². The van der Waals surface area contributed by atoms with E-state index in [1.165, 1.54) is 0 Å². The van der Waals surface area contributed by atoms with Crippen molar-refractivity contribution in [2.75, 3.05) is 19.7 Å². The molecule has 31 heavy (non-hydrogen) atoms. The second-order valence-electron chi connectivity index (χ2n) is 7.30. The minimum atomic E-state index is -4.98. The molecule has 0 spiro atoms. The highest BCUT2D eigenvalue weighted by Crippen LogP contribution is 2.30. The van der Waals surface area contributed by atoms with Crippen LogP contribution in [0.15, 0.2) is 0 Å². The minimum Gasteiger partial charge on any atom is -0.344 e. The number of nitrogens with zero attached hydrogens (tertiary/aromatic N) is 2. The monoisotopic (exact) mass is 475 g/mol. The summed E-state index contributed by atoms with van der Waals surface area (Å²) in [6.45, 7) is 0.00228. The molecule has 176 valence electrons. The maximum absolute atomic E-state index is 12.4. The van der Waals surface area contributed by atoms with Crippen LogP contribution in [0.3, 0.4) is 0 Å². The van der Waals surface area contributed by atoms with Gasteiger partial charge in [0.2, 0.25) is 0 Å². The smallest absolute Gasteiger partial charge is 0.344 e. The van der Waals surface area contributed by atoms with Gasteiger partial charge in [-0.15, -0.1) is 4.28 Å². The zero-order chi connectivity index (χ0) is 23.0. The highest BCUT2D eigenvalue weighted by atomic mass is 32.3. The van der Waals surface area contributed by atoms with E-state index in [-0.39, 0.29) is 39.0 Å². The molecule has 3 fully saturated rings. The molecular formula is C14H20F3N5O8S. The van der Waals surface area contributed by atoms with E-state index in [1.807, 2.05) is 5.32 Å². The molecule has 0 radical (unpaired) electrons. The lowest BCUT2D eigenvalue weighted by atomic mass is 10.0. The van der Waals surface area contributed by atoms with E-state index in [9.17, 15) is 36.0 Å². The average Bonchev–Trinajstić information content (AvgIpc) is 3.18. The van der Waals surface area contributed by atoms with Crippen LogP contribution in [0.4, 0.5) is 18.0 Å². The molecule has 2 bridgehead atoms. The first-order valence-electron chi connectivity index (χ1n) is 9.14. The van der Waals surface area contributed by atoms with Crippen molar-refractivity contribution < 1.29 is 49.6 Å². The fourth-order valence-electron chi connectivity index (χ4n) is 3.71. The molecule has 4 N–H and O–H groups in total. The van der Waals surface area contributed by atoms with Gasteiger partial charge in [0, 0.05) is 25.2 Å². The highest BCUT2D eigenvalue weighted by Gasteiger charge is 2.49. The lowest BCUT2D eigenvalue weighted by Crippen LogP contribution is -2.50. The van der Waals surface area contributed by atoms with Crippen LogP contribution in [0.25, 0.3) is 0 Å². The van der Waals surface area contributed by atoms with Crippen LogP contribution < -0.4 is 16.1 Å². The van der Waals surface area contributed by atoms with E-state index in [4.69, 9.17) is 9.39 Å². The third-order valence-electron chi connectivity index (χ3n) is 5.07. The number of rotatable bonds is 7. The topological polar surface area (TPSA) is 167 Å². The Bertz CT molecular complexity index is 840. The molecular weight excluding hydrogens is 455 g/mol. The standard InChI is InChI=1S/C14H20F3N5O8S/c15-14(16,17)12(24)19-7-3-8(18-4-7)6-29-20-11(23)10-2-1-9-5-21(10)13(25)22(9)30-31(26,27)28/h7-10,18H,1-6H2,(H,19,24)(H,20,23)(H,26,27,28)/t7?,8-,9+,10-/m0/s1. The van der Waals surface area contributed by atoms with Gasteiger partial charge in [-0.25, -0.2) is 10.3 Å². The number of halogens is 3. The predicted molar refractivity (Wildman–Crippen MR) is 91.9 cm³/mol. The summed E-state index contributed by atoms with van der Waals surface area (Å²) in [5.74, 6) is -2.72. The van der Waals surface area contributed by atoms with Gasteiger partial charge in [-0.1, -0.05) is 0 Å². The molecule has 3 heterocycles. The number of urea groups is 1. The zero-order valence-electron chi connectivity index (χ0n) is 15.8. The van der Waals surface area contributed by atoms with Gasteiger partial charge in [0.25, 0.3) is 5.91 Å². The molecule has 1 unspecified atom stereocenters. The molecule has 3 rings (SSSR count). The number of hydroxylamine groups is 3. The number of alkyl halides is 3. The Labute approximate surface area is 174 Å². The Morgan fingerprint density at radius 2 is 2.00 bits per heavy atom. The van der Waals surface area contributed by atoms with Crippen LogP contribution in [0.1, 0.15) is 19.3 Å². The van der Waals surface area contributed by atoms with Crippen LogP contribution in [0, 0.1) is 0 Å². The molecule has 0 aliphatic carbocycles. The van der Waals surface area contributed by atoms with Crippen molar-refractivity contribution in [2.45, 2.75) is 49.6 Å². The molecule has 3 saturated heterocycles. The molecule has 0 aromatic rings. The average molecular weight is 475 g/mol. The summed E-state index contributed by atoms with van der Waals surface area (Å²) in [5, 5.41) is 5.20. The van der Waals surface area contributed by atoms with Gasteiger partial charge in [0.15, 0.2) is 0 Å². The zero-order valence-corrected chi connectivity index (χ0v) is 16.6. The summed E-state index contributed by atoms with van der Waals surface area (Å²) in [5.41, 5.74) is 2.16. The lowest BCUT2D eigenvalue weighted by molar-refractivity contribution is -0.174. The van der Waals surface area contributed by atoms with Gasteiger partial charge < -0.3 is 15.5 Å². The number of nitrogens with one attached hydrogen (secondary N) is 3. The van der Waals surface area contributed by atoms with Gasteiger partial charge in [0.1, 0.15) is 6.04 Å². The van der Waals surface area contributed by atoms with E-state index < -0.39 is 58.6 Å². The van der Waals surface area contributed by atoms with Crippen molar-refractivity contribution in [3.05, 3.63) is 0 Å². The largest absolute Gasteiger partial charge is 0.471 e. The number of piperidine rings is 1. The minimum absolute atomic E-state index is 0.0111. The fraction of sp³-hybridized carbons (Fsp3) is 0.786. The molecule has 4 amide bonds. The maximum Gasteiger partial charge on any atom is 0.471 e. The number of carbonyl (C=O) groups is 3. The van der Waals surface area contributed by atoms with Crippen molar-refractivity contribution >= 4 is 28.2 Å². The summed E-state index contributed by atoms with van der Waals surface area (Å²) in [6, 6.07) is -3.69. The third-order valence-corrected chi connectivity index (χ3v) is 5.42. The number of amides is 4. The maximum atomic E-state index is 12.4. The lowest BCUT2D eigenvalue weighted by Gasteiger charge is -2.29. The Morgan fingerprint density at radius 3 is 2.65 bits per heavy atom. The van der Waals surface area contributed by atoms with Crippen LogP contribution in [-0.4, -0.2) is 90.8 Å². The molecule has 0 aromatic carbocycles. The molecule has 0 aromatic heterocycles. The van der Waals surface area contributed by atoms with Crippen molar-refractivity contribution in [3.8, 4) is 0 Å². The summed E-state index contributed by atoms with van der Waals surface area (Å²) in [7, 11) is -4.90. The Morgan fingerprint density at radius 1 is 1.29 bits per heavy atom. The normalized spacial score (nSPS) is 28.7. The highest BCUT2D eigenvalue weighted by molar-refractivity contribution is 7.80. The summed E-state index contributed by atoms with van der Waals surface area (Å²) >= 11 is 0. The van der Waals surface area contributed by atoms with Gasteiger partial charge in [-0.05, 0) is 19.3 Å². The van der Waals surface area contributed by atoms with Crippen LogP contribution in [0.5, 0.6) is 0 Å². The van der Waals surface area contributed by atoms with Crippen molar-refractivity contribution in [3.63, 3.8) is 0 Å². The second kappa shape index (κ2) is 8.73. The number of fused-ring (bicyclic) bond motifs is 2. The molecule has 4 atom stereocenters. The van der Waals surface area contributed by atoms with E-state index in [2.05, 4.69) is 15.1 Å². The van der Waals surface area contributed by atoms with Gasteiger partial charge in [-0.3, -0.25) is 19.0 Å². The van der Waals surface area contributed by atoms with Gasteiger partial charge in [0.05, 0.1) is 12.6 Å². The quantitative estimate of drug-likeness (QED) is 0.252. The summed E-state index contributed by atoms with van der Waals surface area (Å²) < 4.78 is 71.6. The van der Waals surface area contributed by atoms with E-state index in [1.54, 1.807) is 0 Å². The molecule has 3 aliphatic rings. The molecule has 3 aliphatic heterocycles. The molecule has 13 nitrogen and oxygen atoms in total. The van der Waals surface area contributed by atoms with Crippen LogP contribution in [0.2, 0.25) is 0 Å². The number of hydrogen-bond donors (Lipinski definition) is 4. The Balaban J connectivity index is 1.43. The first kappa shape index (κ1) is 23.5. The van der Waals surface area contributed by atoms with Gasteiger partial charge >= 0.3 is 28.5 Å². The van der Waals surface area contributed by atoms with Crippen molar-refractivity contribution in [1.82, 2.24) is 26.1 Å². The number of carbonyl (C=O) groups excluding carboxylic acids is 3. The summed E-state index contributed by atoms with van der Waals surface area (Å²) in [6.07, 6.45) is -4.41.